The Labute approximate surface area is 252 Å². The van der Waals surface area contributed by atoms with Gasteiger partial charge in [-0.15, -0.1) is 0 Å². The van der Waals surface area contributed by atoms with Gasteiger partial charge >= 0.3 is 0 Å². The number of carbonyl (C=O) groups is 4. The van der Waals surface area contributed by atoms with E-state index < -0.39 is 29.9 Å². The SMILES string of the molecule is CN[C@@H](C)C(=O)N[C@H](C(=O)NCC(=O)N1C=CN(CCc2cccc(Cl)c2)C(=O)[C@@H]1COCc1ccccc1)C(C)C. The topological polar surface area (TPSA) is 120 Å². The molecular weight excluding hydrogens is 558 g/mol. The molecule has 226 valence electrons. The van der Waals surface area contributed by atoms with E-state index in [9.17, 15) is 19.2 Å². The van der Waals surface area contributed by atoms with E-state index >= 15 is 0 Å². The maximum absolute atomic E-state index is 13.6. The van der Waals surface area contributed by atoms with Crippen LogP contribution in [0.15, 0.2) is 67.0 Å². The van der Waals surface area contributed by atoms with Gasteiger partial charge in [-0.05, 0) is 49.6 Å². The van der Waals surface area contributed by atoms with Crippen molar-refractivity contribution in [3.63, 3.8) is 0 Å². The largest absolute Gasteiger partial charge is 0.374 e. The molecule has 1 heterocycles. The molecule has 0 fully saturated rings. The van der Waals surface area contributed by atoms with Crippen molar-refractivity contribution in [2.24, 2.45) is 5.92 Å². The summed E-state index contributed by atoms with van der Waals surface area (Å²) in [5.74, 6) is -1.79. The van der Waals surface area contributed by atoms with Gasteiger partial charge in [-0.3, -0.25) is 19.2 Å². The fraction of sp³-hybridized carbons (Fsp3) is 0.419. The number of carbonyl (C=O) groups excluding carboxylic acids is 4. The summed E-state index contributed by atoms with van der Waals surface area (Å²) in [6, 6.07) is 14.7. The lowest BCUT2D eigenvalue weighted by molar-refractivity contribution is -0.146. The molecule has 0 aromatic heterocycles. The quantitative estimate of drug-likeness (QED) is 0.308. The first-order valence-corrected chi connectivity index (χ1v) is 14.4. The lowest BCUT2D eigenvalue weighted by atomic mass is 10.0. The molecule has 2 aromatic rings. The number of likely N-dealkylation sites (N-methyl/N-ethyl adjacent to an activating group) is 1. The molecule has 0 unspecified atom stereocenters. The minimum Gasteiger partial charge on any atom is -0.374 e. The lowest BCUT2D eigenvalue weighted by Crippen LogP contribution is -2.57. The van der Waals surface area contributed by atoms with Crippen LogP contribution in [0.4, 0.5) is 0 Å². The zero-order valence-electron chi connectivity index (χ0n) is 24.5. The van der Waals surface area contributed by atoms with Gasteiger partial charge in [-0.2, -0.15) is 0 Å². The van der Waals surface area contributed by atoms with Crippen LogP contribution in [0, 0.1) is 5.92 Å². The van der Waals surface area contributed by atoms with E-state index in [1.807, 2.05) is 48.5 Å². The second-order valence-corrected chi connectivity index (χ2v) is 10.9. The van der Waals surface area contributed by atoms with Crippen LogP contribution in [0.3, 0.4) is 0 Å². The van der Waals surface area contributed by atoms with Gasteiger partial charge in [0, 0.05) is 24.0 Å². The first-order valence-electron chi connectivity index (χ1n) is 14.0. The summed E-state index contributed by atoms with van der Waals surface area (Å²) in [7, 11) is 1.65. The standard InChI is InChI=1S/C31H40ClN5O5/c1-21(2)28(35-29(39)22(3)33-4)30(40)34-18-27(38)37-16-15-36(14-13-23-11-8-12-25(32)17-23)31(41)26(37)20-42-19-24-9-6-5-7-10-24/h5-12,15-17,21-22,26,28,33H,13-14,18-20H2,1-4H3,(H,34,40)(H,35,39)/t22-,26-,28-/m0/s1. The molecule has 3 N–H and O–H groups in total. The highest BCUT2D eigenvalue weighted by molar-refractivity contribution is 6.30. The van der Waals surface area contributed by atoms with Crippen LogP contribution in [0.2, 0.25) is 5.02 Å². The first kappa shape index (κ1) is 32.8. The molecule has 0 aliphatic carbocycles. The number of hydrogen-bond donors (Lipinski definition) is 3. The third-order valence-electron chi connectivity index (χ3n) is 7.00. The summed E-state index contributed by atoms with van der Waals surface area (Å²) in [6.45, 7) is 5.58. The Bertz CT molecular complexity index is 1260. The van der Waals surface area contributed by atoms with Gasteiger partial charge < -0.3 is 30.5 Å². The molecule has 1 aliphatic rings. The zero-order valence-corrected chi connectivity index (χ0v) is 25.3. The number of benzene rings is 2. The monoisotopic (exact) mass is 597 g/mol. The van der Waals surface area contributed by atoms with Gasteiger partial charge in [0.25, 0.3) is 5.91 Å². The van der Waals surface area contributed by atoms with E-state index in [1.54, 1.807) is 51.2 Å². The molecule has 0 radical (unpaired) electrons. The van der Waals surface area contributed by atoms with Gasteiger partial charge in [-0.25, -0.2) is 0 Å². The Morgan fingerprint density at radius 1 is 0.976 bits per heavy atom. The number of halogens is 1. The molecule has 10 nitrogen and oxygen atoms in total. The Balaban J connectivity index is 1.68. The van der Waals surface area contributed by atoms with E-state index in [-0.39, 0.29) is 37.5 Å². The number of hydrogen-bond acceptors (Lipinski definition) is 6. The zero-order chi connectivity index (χ0) is 30.6. The van der Waals surface area contributed by atoms with E-state index in [0.717, 1.165) is 11.1 Å². The van der Waals surface area contributed by atoms with Crippen molar-refractivity contribution in [3.05, 3.63) is 83.1 Å². The second kappa shape index (κ2) is 16.1. The number of amides is 4. The molecule has 0 saturated heterocycles. The third kappa shape index (κ3) is 9.40. The van der Waals surface area contributed by atoms with Crippen LogP contribution < -0.4 is 16.0 Å². The average Bonchev–Trinajstić information content (AvgIpc) is 2.98. The summed E-state index contributed by atoms with van der Waals surface area (Å²) in [6.07, 6.45) is 3.68. The lowest BCUT2D eigenvalue weighted by Gasteiger charge is -2.36. The Morgan fingerprint density at radius 3 is 2.36 bits per heavy atom. The van der Waals surface area contributed by atoms with Crippen molar-refractivity contribution in [2.45, 2.75) is 51.9 Å². The van der Waals surface area contributed by atoms with Crippen molar-refractivity contribution in [3.8, 4) is 0 Å². The molecule has 2 aromatic carbocycles. The Morgan fingerprint density at radius 2 is 1.69 bits per heavy atom. The molecule has 3 rings (SSSR count). The summed E-state index contributed by atoms with van der Waals surface area (Å²) in [4.78, 5) is 55.0. The highest BCUT2D eigenvalue weighted by Crippen LogP contribution is 2.17. The van der Waals surface area contributed by atoms with Gasteiger partial charge in [0.05, 0.1) is 25.8 Å². The average molecular weight is 598 g/mol. The van der Waals surface area contributed by atoms with Crippen molar-refractivity contribution in [2.75, 3.05) is 26.7 Å². The number of rotatable bonds is 14. The molecule has 0 saturated carbocycles. The van der Waals surface area contributed by atoms with Crippen LogP contribution in [0.1, 0.15) is 31.9 Å². The maximum atomic E-state index is 13.6. The van der Waals surface area contributed by atoms with Crippen molar-refractivity contribution in [1.29, 1.82) is 0 Å². The van der Waals surface area contributed by atoms with Gasteiger partial charge in [0.1, 0.15) is 12.1 Å². The normalized spacial score (nSPS) is 16.3. The van der Waals surface area contributed by atoms with E-state index in [2.05, 4.69) is 16.0 Å². The fourth-order valence-electron chi connectivity index (χ4n) is 4.35. The van der Waals surface area contributed by atoms with Crippen LogP contribution >= 0.6 is 11.6 Å². The molecule has 11 heteroatoms. The van der Waals surface area contributed by atoms with Crippen molar-refractivity contribution < 1.29 is 23.9 Å². The molecule has 3 atom stereocenters. The van der Waals surface area contributed by atoms with E-state index in [1.165, 1.54) is 4.90 Å². The molecular formula is C31H40ClN5O5. The smallest absolute Gasteiger partial charge is 0.252 e. The fourth-order valence-corrected chi connectivity index (χ4v) is 4.56. The van der Waals surface area contributed by atoms with Crippen molar-refractivity contribution >= 4 is 35.2 Å². The molecule has 1 aliphatic heterocycles. The predicted molar refractivity (Wildman–Crippen MR) is 161 cm³/mol. The summed E-state index contributed by atoms with van der Waals surface area (Å²) < 4.78 is 5.88. The van der Waals surface area contributed by atoms with Crippen LogP contribution in [0.5, 0.6) is 0 Å². The van der Waals surface area contributed by atoms with Crippen LogP contribution in [0.25, 0.3) is 0 Å². The number of nitrogens with one attached hydrogen (secondary N) is 3. The van der Waals surface area contributed by atoms with Gasteiger partial charge in [-0.1, -0.05) is 67.9 Å². The van der Waals surface area contributed by atoms with Crippen LogP contribution in [-0.2, 0) is 36.9 Å². The molecule has 0 bridgehead atoms. The summed E-state index contributed by atoms with van der Waals surface area (Å²) in [5, 5.41) is 8.81. The number of ether oxygens (including phenoxy) is 1. The number of nitrogens with zero attached hydrogens (tertiary/aromatic N) is 2. The Kier molecular flexibility index (Phi) is 12.5. The third-order valence-corrected chi connectivity index (χ3v) is 7.24. The van der Waals surface area contributed by atoms with Gasteiger partial charge in [0.2, 0.25) is 17.7 Å². The van der Waals surface area contributed by atoms with Gasteiger partial charge in [0.15, 0.2) is 0 Å². The highest BCUT2D eigenvalue weighted by Gasteiger charge is 2.35. The second-order valence-electron chi connectivity index (χ2n) is 10.5. The molecule has 42 heavy (non-hydrogen) atoms. The minimum absolute atomic E-state index is 0.0298. The minimum atomic E-state index is -0.917. The van der Waals surface area contributed by atoms with E-state index in [0.29, 0.717) is 18.0 Å². The maximum Gasteiger partial charge on any atom is 0.252 e. The Hall–Kier alpha value is -3.73. The van der Waals surface area contributed by atoms with Crippen molar-refractivity contribution in [1.82, 2.24) is 25.8 Å². The molecule has 0 spiro atoms. The predicted octanol–water partition coefficient (Wildman–Crippen LogP) is 2.47. The summed E-state index contributed by atoms with van der Waals surface area (Å²) >= 11 is 6.11. The summed E-state index contributed by atoms with van der Waals surface area (Å²) in [5.41, 5.74) is 1.92. The van der Waals surface area contributed by atoms with E-state index in [4.69, 9.17) is 16.3 Å². The molecule has 4 amide bonds. The van der Waals surface area contributed by atoms with Crippen LogP contribution in [-0.4, -0.2) is 78.3 Å². The first-order chi connectivity index (χ1) is 20.1. The highest BCUT2D eigenvalue weighted by atomic mass is 35.5.